The van der Waals surface area contributed by atoms with Gasteiger partial charge in [-0.2, -0.15) is 0 Å². The van der Waals surface area contributed by atoms with Crippen molar-refractivity contribution < 1.29 is 0 Å². The van der Waals surface area contributed by atoms with E-state index >= 15 is 0 Å². The fourth-order valence-electron chi connectivity index (χ4n) is 2.00. The summed E-state index contributed by atoms with van der Waals surface area (Å²) in [5.41, 5.74) is 2.60. The van der Waals surface area contributed by atoms with Gasteiger partial charge in [0.25, 0.3) is 0 Å². The van der Waals surface area contributed by atoms with Crippen molar-refractivity contribution in [2.45, 2.75) is 38.8 Å². The van der Waals surface area contributed by atoms with Gasteiger partial charge in [0.1, 0.15) is 5.82 Å². The monoisotopic (exact) mass is 189 g/mol. The normalized spacial score (nSPS) is 21.2. The molecule has 74 valence electrons. The van der Waals surface area contributed by atoms with Crippen LogP contribution in [0.2, 0.25) is 0 Å². The van der Waals surface area contributed by atoms with E-state index in [1.54, 1.807) is 0 Å². The highest BCUT2D eigenvalue weighted by Crippen LogP contribution is 2.38. The summed E-state index contributed by atoms with van der Waals surface area (Å²) < 4.78 is 0. The zero-order chi connectivity index (χ0) is 9.54. The Morgan fingerprint density at radius 2 is 2.29 bits per heavy atom. The SMILES string of the molecule is CCN1Cc2cnc(C3CC3)nc2C1. The van der Waals surface area contributed by atoms with Gasteiger partial charge in [0.05, 0.1) is 5.69 Å². The van der Waals surface area contributed by atoms with Crippen molar-refractivity contribution in [1.29, 1.82) is 0 Å². The molecule has 14 heavy (non-hydrogen) atoms. The van der Waals surface area contributed by atoms with Crippen LogP contribution in [0.25, 0.3) is 0 Å². The van der Waals surface area contributed by atoms with Crippen molar-refractivity contribution in [2.24, 2.45) is 0 Å². The molecule has 0 unspecified atom stereocenters. The molecule has 3 rings (SSSR count). The van der Waals surface area contributed by atoms with E-state index in [1.165, 1.54) is 24.1 Å². The van der Waals surface area contributed by atoms with Crippen molar-refractivity contribution in [2.75, 3.05) is 6.54 Å². The molecule has 0 N–H and O–H groups in total. The molecule has 0 bridgehead atoms. The second-order valence-electron chi connectivity index (χ2n) is 4.28. The van der Waals surface area contributed by atoms with Crippen LogP contribution in [0, 0.1) is 0 Å². The molecule has 1 fully saturated rings. The lowest BCUT2D eigenvalue weighted by Crippen LogP contribution is -2.14. The number of fused-ring (bicyclic) bond motifs is 1. The van der Waals surface area contributed by atoms with E-state index in [0.717, 1.165) is 25.5 Å². The molecule has 1 aromatic heterocycles. The van der Waals surface area contributed by atoms with Crippen LogP contribution in [0.1, 0.15) is 42.8 Å². The minimum Gasteiger partial charge on any atom is -0.293 e. The third-order valence-electron chi connectivity index (χ3n) is 3.13. The molecule has 1 saturated carbocycles. The van der Waals surface area contributed by atoms with Gasteiger partial charge in [-0.25, -0.2) is 9.97 Å². The second kappa shape index (κ2) is 3.02. The summed E-state index contributed by atoms with van der Waals surface area (Å²) in [5, 5.41) is 0. The molecule has 2 heterocycles. The predicted octanol–water partition coefficient (Wildman–Crippen LogP) is 1.69. The largest absolute Gasteiger partial charge is 0.293 e. The molecule has 1 aliphatic carbocycles. The molecule has 0 atom stereocenters. The zero-order valence-corrected chi connectivity index (χ0v) is 8.53. The van der Waals surface area contributed by atoms with Crippen LogP contribution in [0.4, 0.5) is 0 Å². The number of hydrogen-bond donors (Lipinski definition) is 0. The predicted molar refractivity (Wildman–Crippen MR) is 53.8 cm³/mol. The molecule has 3 heteroatoms. The quantitative estimate of drug-likeness (QED) is 0.709. The van der Waals surface area contributed by atoms with E-state index in [-0.39, 0.29) is 0 Å². The maximum absolute atomic E-state index is 4.66. The summed E-state index contributed by atoms with van der Waals surface area (Å²) >= 11 is 0. The van der Waals surface area contributed by atoms with Crippen molar-refractivity contribution in [3.63, 3.8) is 0 Å². The molecule has 0 amide bonds. The maximum Gasteiger partial charge on any atom is 0.131 e. The second-order valence-corrected chi connectivity index (χ2v) is 4.28. The van der Waals surface area contributed by atoms with E-state index in [0.29, 0.717) is 5.92 Å². The summed E-state index contributed by atoms with van der Waals surface area (Å²) in [6, 6.07) is 0. The molecular formula is C11H15N3. The number of aromatic nitrogens is 2. The Hall–Kier alpha value is -0.960. The Balaban J connectivity index is 1.89. The van der Waals surface area contributed by atoms with Crippen LogP contribution in [0.3, 0.4) is 0 Å². The molecule has 3 nitrogen and oxygen atoms in total. The van der Waals surface area contributed by atoms with E-state index in [2.05, 4.69) is 21.8 Å². The van der Waals surface area contributed by atoms with Gasteiger partial charge < -0.3 is 0 Å². The van der Waals surface area contributed by atoms with E-state index < -0.39 is 0 Å². The Kier molecular flexibility index (Phi) is 1.80. The van der Waals surface area contributed by atoms with Crippen LogP contribution < -0.4 is 0 Å². The van der Waals surface area contributed by atoms with Crippen molar-refractivity contribution in [3.05, 3.63) is 23.3 Å². The molecule has 2 aliphatic rings. The van der Waals surface area contributed by atoms with E-state index in [9.17, 15) is 0 Å². The standard InChI is InChI=1S/C11H15N3/c1-2-14-6-9-5-12-11(8-3-4-8)13-10(9)7-14/h5,8H,2-4,6-7H2,1H3. The van der Waals surface area contributed by atoms with Gasteiger partial charge in [-0.05, 0) is 19.4 Å². The lowest BCUT2D eigenvalue weighted by molar-refractivity contribution is 0.299. The average Bonchev–Trinajstić information content (AvgIpc) is 2.97. The zero-order valence-electron chi connectivity index (χ0n) is 8.53. The first-order valence-corrected chi connectivity index (χ1v) is 5.44. The summed E-state index contributed by atoms with van der Waals surface area (Å²) in [5.74, 6) is 1.76. The smallest absolute Gasteiger partial charge is 0.131 e. The summed E-state index contributed by atoms with van der Waals surface area (Å²) in [4.78, 5) is 11.5. The van der Waals surface area contributed by atoms with Crippen LogP contribution in [-0.2, 0) is 13.1 Å². The van der Waals surface area contributed by atoms with Crippen LogP contribution in [0.15, 0.2) is 6.20 Å². The first-order valence-electron chi connectivity index (χ1n) is 5.44. The van der Waals surface area contributed by atoms with E-state index in [4.69, 9.17) is 0 Å². The highest BCUT2D eigenvalue weighted by Gasteiger charge is 2.28. The van der Waals surface area contributed by atoms with Crippen molar-refractivity contribution in [1.82, 2.24) is 14.9 Å². The van der Waals surface area contributed by atoms with Gasteiger partial charge in [-0.3, -0.25) is 4.90 Å². The number of hydrogen-bond acceptors (Lipinski definition) is 3. The topological polar surface area (TPSA) is 29.0 Å². The molecule has 0 aromatic carbocycles. The van der Waals surface area contributed by atoms with E-state index in [1.807, 2.05) is 6.20 Å². The lowest BCUT2D eigenvalue weighted by Gasteiger charge is -2.08. The Labute approximate surface area is 84.2 Å². The first kappa shape index (κ1) is 8.36. The average molecular weight is 189 g/mol. The molecule has 1 aromatic rings. The molecule has 1 aliphatic heterocycles. The van der Waals surface area contributed by atoms with Gasteiger partial charge in [0.2, 0.25) is 0 Å². The van der Waals surface area contributed by atoms with Crippen LogP contribution >= 0.6 is 0 Å². The maximum atomic E-state index is 4.66. The Bertz CT molecular complexity index is 358. The van der Waals surface area contributed by atoms with Gasteiger partial charge in [0, 0.05) is 30.8 Å². The van der Waals surface area contributed by atoms with Gasteiger partial charge >= 0.3 is 0 Å². The van der Waals surface area contributed by atoms with Gasteiger partial charge in [-0.1, -0.05) is 6.92 Å². The lowest BCUT2D eigenvalue weighted by atomic mass is 10.2. The Morgan fingerprint density at radius 3 is 3.00 bits per heavy atom. The first-order chi connectivity index (χ1) is 6.86. The third kappa shape index (κ3) is 1.32. The highest BCUT2D eigenvalue weighted by molar-refractivity contribution is 5.23. The summed E-state index contributed by atoms with van der Waals surface area (Å²) in [6.07, 6.45) is 4.61. The Morgan fingerprint density at radius 1 is 1.43 bits per heavy atom. The third-order valence-corrected chi connectivity index (χ3v) is 3.13. The highest BCUT2D eigenvalue weighted by atomic mass is 15.2. The number of nitrogens with zero attached hydrogens (tertiary/aromatic N) is 3. The van der Waals surface area contributed by atoms with Crippen molar-refractivity contribution in [3.8, 4) is 0 Å². The summed E-state index contributed by atoms with van der Waals surface area (Å²) in [6.45, 7) is 5.36. The molecular weight excluding hydrogens is 174 g/mol. The fourth-order valence-corrected chi connectivity index (χ4v) is 2.00. The van der Waals surface area contributed by atoms with Crippen LogP contribution in [-0.4, -0.2) is 21.4 Å². The molecule has 0 radical (unpaired) electrons. The van der Waals surface area contributed by atoms with Crippen molar-refractivity contribution >= 4 is 0 Å². The minimum atomic E-state index is 0.677. The number of rotatable bonds is 2. The molecule has 0 saturated heterocycles. The van der Waals surface area contributed by atoms with Gasteiger partial charge in [-0.15, -0.1) is 0 Å². The van der Waals surface area contributed by atoms with Gasteiger partial charge in [0.15, 0.2) is 0 Å². The minimum absolute atomic E-state index is 0.677. The fraction of sp³-hybridized carbons (Fsp3) is 0.636. The van der Waals surface area contributed by atoms with Crippen LogP contribution in [0.5, 0.6) is 0 Å². The molecule has 0 spiro atoms. The summed E-state index contributed by atoms with van der Waals surface area (Å²) in [7, 11) is 0.